The van der Waals surface area contributed by atoms with Gasteiger partial charge in [-0.25, -0.2) is 0 Å². The summed E-state index contributed by atoms with van der Waals surface area (Å²) in [6.07, 6.45) is -0.245. The zero-order chi connectivity index (χ0) is 18.4. The average Bonchev–Trinajstić information content (AvgIpc) is 2.55. The van der Waals surface area contributed by atoms with Crippen molar-refractivity contribution in [3.63, 3.8) is 0 Å². The molecule has 2 amide bonds. The predicted octanol–water partition coefficient (Wildman–Crippen LogP) is 4.04. The highest BCUT2D eigenvalue weighted by Crippen LogP contribution is 2.27. The lowest BCUT2D eigenvalue weighted by Gasteiger charge is -2.21. The molecular weight excluding hydrogens is 340 g/mol. The summed E-state index contributed by atoms with van der Waals surface area (Å²) < 4.78 is 5.07. The Kier molecular flexibility index (Phi) is 6.42. The Morgan fingerprint density at radius 1 is 1.20 bits per heavy atom. The molecule has 0 aliphatic rings. The number of benzene rings is 2. The highest BCUT2D eigenvalue weighted by molar-refractivity contribution is 6.32. The second kappa shape index (κ2) is 8.53. The molecule has 2 aromatic carbocycles. The minimum absolute atomic E-state index is 0.245. The van der Waals surface area contributed by atoms with E-state index in [0.29, 0.717) is 23.0 Å². The van der Waals surface area contributed by atoms with Crippen molar-refractivity contribution in [2.45, 2.75) is 20.3 Å². The lowest BCUT2D eigenvalue weighted by molar-refractivity contribution is -0.125. The van der Waals surface area contributed by atoms with Crippen molar-refractivity contribution in [1.29, 1.82) is 0 Å². The van der Waals surface area contributed by atoms with Gasteiger partial charge in [0, 0.05) is 17.9 Å². The highest BCUT2D eigenvalue weighted by Gasteiger charge is 2.18. The molecule has 0 saturated carbocycles. The maximum absolute atomic E-state index is 12.5. The number of amides is 2. The number of carbonyl (C=O) groups is 2. The zero-order valence-corrected chi connectivity index (χ0v) is 15.3. The normalized spacial score (nSPS) is 10.2. The number of nitrogens with one attached hydrogen (secondary N) is 1. The smallest absolute Gasteiger partial charge is 0.236 e. The molecule has 1 N–H and O–H groups in total. The van der Waals surface area contributed by atoms with E-state index in [1.165, 1.54) is 7.11 Å². The van der Waals surface area contributed by atoms with Crippen molar-refractivity contribution in [2.24, 2.45) is 0 Å². The van der Waals surface area contributed by atoms with Gasteiger partial charge in [-0.3, -0.25) is 9.59 Å². The Hall–Kier alpha value is -2.53. The Labute approximate surface area is 152 Å². The Morgan fingerprint density at radius 3 is 2.56 bits per heavy atom. The molecule has 0 fully saturated rings. The molecule has 0 heterocycles. The third-order valence-corrected chi connectivity index (χ3v) is 3.97. The monoisotopic (exact) mass is 360 g/mol. The predicted molar refractivity (Wildman–Crippen MR) is 100 cm³/mol. The van der Waals surface area contributed by atoms with E-state index < -0.39 is 5.91 Å². The van der Waals surface area contributed by atoms with E-state index in [1.54, 1.807) is 23.1 Å². The van der Waals surface area contributed by atoms with Gasteiger partial charge >= 0.3 is 0 Å². The molecule has 0 aliphatic carbocycles. The quantitative estimate of drug-likeness (QED) is 0.791. The van der Waals surface area contributed by atoms with Crippen LogP contribution in [0.4, 0.5) is 11.4 Å². The first-order valence-electron chi connectivity index (χ1n) is 7.95. The van der Waals surface area contributed by atoms with Gasteiger partial charge in [-0.1, -0.05) is 23.7 Å². The Morgan fingerprint density at radius 2 is 1.96 bits per heavy atom. The van der Waals surface area contributed by atoms with Crippen LogP contribution in [0.3, 0.4) is 0 Å². The topological polar surface area (TPSA) is 58.6 Å². The van der Waals surface area contributed by atoms with Crippen molar-refractivity contribution < 1.29 is 14.3 Å². The van der Waals surface area contributed by atoms with Crippen LogP contribution in [0.1, 0.15) is 18.9 Å². The highest BCUT2D eigenvalue weighted by atomic mass is 35.5. The molecule has 0 aromatic heterocycles. The molecule has 0 spiro atoms. The minimum atomic E-state index is -0.391. The van der Waals surface area contributed by atoms with Crippen LogP contribution in [0, 0.1) is 6.92 Å². The molecule has 0 saturated heterocycles. The summed E-state index contributed by atoms with van der Waals surface area (Å²) in [5, 5.41) is 3.07. The summed E-state index contributed by atoms with van der Waals surface area (Å²) in [6.45, 7) is 4.33. The number of rotatable bonds is 6. The summed E-state index contributed by atoms with van der Waals surface area (Å²) in [5.74, 6) is -0.130. The number of halogens is 1. The van der Waals surface area contributed by atoms with Crippen molar-refractivity contribution >= 4 is 34.8 Å². The first kappa shape index (κ1) is 18.8. The van der Waals surface area contributed by atoms with E-state index in [4.69, 9.17) is 16.3 Å². The van der Waals surface area contributed by atoms with Crippen LogP contribution >= 0.6 is 11.6 Å². The standard InChI is InChI=1S/C19H21ClN2O3/c1-4-22(15-7-5-6-13(2)10-15)19(24)12-18(23)21-14-8-9-17(25-3)16(20)11-14/h5-11H,4,12H2,1-3H3,(H,21,23). The lowest BCUT2D eigenvalue weighted by Crippen LogP contribution is -2.33. The van der Waals surface area contributed by atoms with Gasteiger partial charge in [-0.2, -0.15) is 0 Å². The molecule has 132 valence electrons. The largest absolute Gasteiger partial charge is 0.495 e. The Bertz CT molecular complexity index is 777. The van der Waals surface area contributed by atoms with Crippen LogP contribution in [0.25, 0.3) is 0 Å². The number of methoxy groups -OCH3 is 1. The van der Waals surface area contributed by atoms with Crippen molar-refractivity contribution in [3.8, 4) is 5.75 Å². The fourth-order valence-electron chi connectivity index (χ4n) is 2.48. The third kappa shape index (κ3) is 4.97. The number of anilines is 2. The van der Waals surface area contributed by atoms with Crippen molar-refractivity contribution in [1.82, 2.24) is 0 Å². The summed E-state index contributed by atoms with van der Waals surface area (Å²) in [6, 6.07) is 12.5. The van der Waals surface area contributed by atoms with Crippen LogP contribution in [-0.4, -0.2) is 25.5 Å². The fourth-order valence-corrected chi connectivity index (χ4v) is 2.74. The van der Waals surface area contributed by atoms with Gasteiger partial charge in [0.15, 0.2) is 0 Å². The SMILES string of the molecule is CCN(C(=O)CC(=O)Nc1ccc(OC)c(Cl)c1)c1cccc(C)c1. The van der Waals surface area contributed by atoms with Crippen LogP contribution in [0.2, 0.25) is 5.02 Å². The molecule has 0 bridgehead atoms. The second-order valence-electron chi connectivity index (χ2n) is 5.55. The minimum Gasteiger partial charge on any atom is -0.495 e. The van der Waals surface area contributed by atoms with Gasteiger partial charge in [0.2, 0.25) is 11.8 Å². The number of nitrogens with zero attached hydrogens (tertiary/aromatic N) is 1. The van der Waals surface area contributed by atoms with Crippen LogP contribution in [-0.2, 0) is 9.59 Å². The number of ether oxygens (including phenoxy) is 1. The summed E-state index contributed by atoms with van der Waals surface area (Å²) in [7, 11) is 1.52. The van der Waals surface area contributed by atoms with E-state index in [1.807, 2.05) is 38.1 Å². The molecule has 0 radical (unpaired) electrons. The number of hydrogen-bond donors (Lipinski definition) is 1. The second-order valence-corrected chi connectivity index (χ2v) is 5.96. The van der Waals surface area contributed by atoms with Gasteiger partial charge in [-0.05, 0) is 49.7 Å². The molecule has 0 aliphatic heterocycles. The van der Waals surface area contributed by atoms with E-state index >= 15 is 0 Å². The van der Waals surface area contributed by atoms with Crippen molar-refractivity contribution in [3.05, 3.63) is 53.1 Å². The van der Waals surface area contributed by atoms with Gasteiger partial charge in [-0.15, -0.1) is 0 Å². The molecule has 0 unspecified atom stereocenters. The molecular formula is C19H21ClN2O3. The molecule has 25 heavy (non-hydrogen) atoms. The van der Waals surface area contributed by atoms with E-state index in [-0.39, 0.29) is 12.3 Å². The van der Waals surface area contributed by atoms with Gasteiger partial charge < -0.3 is 15.0 Å². The average molecular weight is 361 g/mol. The van der Waals surface area contributed by atoms with E-state index in [2.05, 4.69) is 5.32 Å². The van der Waals surface area contributed by atoms with Gasteiger partial charge in [0.25, 0.3) is 0 Å². The van der Waals surface area contributed by atoms with Gasteiger partial charge in [0.05, 0.1) is 12.1 Å². The summed E-state index contributed by atoms with van der Waals surface area (Å²) in [5.41, 5.74) is 2.36. The van der Waals surface area contributed by atoms with Crippen LogP contribution in [0.15, 0.2) is 42.5 Å². The maximum atomic E-state index is 12.5. The fraction of sp³-hybridized carbons (Fsp3) is 0.263. The van der Waals surface area contributed by atoms with Gasteiger partial charge in [0.1, 0.15) is 12.2 Å². The summed E-state index contributed by atoms with van der Waals surface area (Å²) in [4.78, 5) is 26.2. The molecule has 6 heteroatoms. The number of aryl methyl sites for hydroxylation is 1. The Balaban J connectivity index is 2.03. The molecule has 2 rings (SSSR count). The van der Waals surface area contributed by atoms with E-state index in [9.17, 15) is 9.59 Å². The summed E-state index contributed by atoms with van der Waals surface area (Å²) >= 11 is 6.03. The van der Waals surface area contributed by atoms with Crippen LogP contribution in [0.5, 0.6) is 5.75 Å². The lowest BCUT2D eigenvalue weighted by atomic mass is 10.2. The first-order valence-corrected chi connectivity index (χ1v) is 8.32. The maximum Gasteiger partial charge on any atom is 0.236 e. The van der Waals surface area contributed by atoms with E-state index in [0.717, 1.165) is 11.3 Å². The number of hydrogen-bond acceptors (Lipinski definition) is 3. The molecule has 0 atom stereocenters. The molecule has 2 aromatic rings. The van der Waals surface area contributed by atoms with Crippen LogP contribution < -0.4 is 15.0 Å². The number of carbonyl (C=O) groups excluding carboxylic acids is 2. The molecule has 5 nitrogen and oxygen atoms in total. The van der Waals surface area contributed by atoms with Crippen molar-refractivity contribution in [2.75, 3.05) is 23.9 Å². The third-order valence-electron chi connectivity index (χ3n) is 3.68. The first-order chi connectivity index (χ1) is 11.9. The zero-order valence-electron chi connectivity index (χ0n) is 14.5.